The van der Waals surface area contributed by atoms with Gasteiger partial charge in [-0.05, 0) is 26.7 Å². The first kappa shape index (κ1) is 14.6. The third-order valence-electron chi connectivity index (χ3n) is 3.39. The van der Waals surface area contributed by atoms with Crippen molar-refractivity contribution in [2.45, 2.75) is 58.5 Å². The minimum absolute atomic E-state index is 0.00446. The highest BCUT2D eigenvalue weighted by atomic mass is 16.2. The number of hydrogen-bond acceptors (Lipinski definition) is 5. The number of amides is 1. The van der Waals surface area contributed by atoms with Crippen LogP contribution >= 0.6 is 0 Å². The monoisotopic (exact) mass is 277 g/mol. The number of nitrogens with zero attached hydrogens (tertiary/aromatic N) is 2. The third-order valence-corrected chi connectivity index (χ3v) is 3.39. The molecule has 1 aromatic rings. The Bertz CT molecular complexity index is 511. The predicted molar refractivity (Wildman–Crippen MR) is 79.5 cm³/mol. The van der Waals surface area contributed by atoms with Crippen molar-refractivity contribution < 1.29 is 4.79 Å². The van der Waals surface area contributed by atoms with Gasteiger partial charge in [-0.2, -0.15) is 0 Å². The Labute approximate surface area is 119 Å². The summed E-state index contributed by atoms with van der Waals surface area (Å²) in [5.41, 5.74) is 6.69. The summed E-state index contributed by atoms with van der Waals surface area (Å²) in [6.45, 7) is 7.70. The van der Waals surface area contributed by atoms with Crippen molar-refractivity contribution in [3.8, 4) is 0 Å². The predicted octanol–water partition coefficient (Wildman–Crippen LogP) is 1.57. The number of hydrogen-bond donors (Lipinski definition) is 3. The molecule has 1 unspecified atom stereocenters. The SMILES string of the molecule is Cc1c(N)nc(C(C)C)nc1NC(C)C(=O)NC1CC1. The van der Waals surface area contributed by atoms with Crippen LogP contribution in [0.1, 0.15) is 50.9 Å². The minimum Gasteiger partial charge on any atom is -0.383 e. The summed E-state index contributed by atoms with van der Waals surface area (Å²) in [6.07, 6.45) is 2.16. The molecule has 1 aromatic heterocycles. The van der Waals surface area contributed by atoms with E-state index in [4.69, 9.17) is 5.73 Å². The standard InChI is InChI=1S/C14H23N5O/c1-7(2)12-18-11(15)8(3)13(19-12)16-9(4)14(20)17-10-5-6-10/h7,9-10H,5-6H2,1-4H3,(H,17,20)(H3,15,16,18,19). The van der Waals surface area contributed by atoms with Crippen molar-refractivity contribution in [1.29, 1.82) is 0 Å². The Hall–Kier alpha value is -1.85. The van der Waals surface area contributed by atoms with Crippen LogP contribution in [0.2, 0.25) is 0 Å². The summed E-state index contributed by atoms with van der Waals surface area (Å²) >= 11 is 0. The largest absolute Gasteiger partial charge is 0.383 e. The van der Waals surface area contributed by atoms with Crippen molar-refractivity contribution in [2.24, 2.45) is 0 Å². The van der Waals surface area contributed by atoms with Gasteiger partial charge in [-0.3, -0.25) is 4.79 Å². The van der Waals surface area contributed by atoms with Crippen LogP contribution in [-0.2, 0) is 4.79 Å². The topological polar surface area (TPSA) is 92.9 Å². The van der Waals surface area contributed by atoms with Crippen molar-refractivity contribution in [1.82, 2.24) is 15.3 Å². The molecule has 0 aliphatic heterocycles. The first-order valence-corrected chi connectivity index (χ1v) is 7.09. The van der Waals surface area contributed by atoms with Gasteiger partial charge in [0.2, 0.25) is 5.91 Å². The zero-order valence-corrected chi connectivity index (χ0v) is 12.5. The number of carbonyl (C=O) groups excluding carboxylic acids is 1. The van der Waals surface area contributed by atoms with Crippen LogP contribution in [0.25, 0.3) is 0 Å². The van der Waals surface area contributed by atoms with Gasteiger partial charge in [-0.1, -0.05) is 13.8 Å². The quantitative estimate of drug-likeness (QED) is 0.759. The maximum Gasteiger partial charge on any atom is 0.242 e. The molecule has 4 N–H and O–H groups in total. The lowest BCUT2D eigenvalue weighted by molar-refractivity contribution is -0.121. The van der Waals surface area contributed by atoms with E-state index in [1.165, 1.54) is 0 Å². The molecule has 6 nitrogen and oxygen atoms in total. The molecule has 2 rings (SSSR count). The van der Waals surface area contributed by atoms with Gasteiger partial charge in [0.1, 0.15) is 23.5 Å². The molecule has 1 saturated carbocycles. The highest BCUT2D eigenvalue weighted by Crippen LogP contribution is 2.22. The zero-order valence-electron chi connectivity index (χ0n) is 12.5. The van der Waals surface area contributed by atoms with Crippen molar-refractivity contribution in [2.75, 3.05) is 11.1 Å². The molecule has 110 valence electrons. The fourth-order valence-electron chi connectivity index (χ4n) is 1.78. The highest BCUT2D eigenvalue weighted by Gasteiger charge is 2.26. The first-order valence-electron chi connectivity index (χ1n) is 7.09. The maximum absolute atomic E-state index is 12.0. The lowest BCUT2D eigenvalue weighted by Gasteiger charge is -2.18. The van der Waals surface area contributed by atoms with Crippen LogP contribution in [0.4, 0.5) is 11.6 Å². The summed E-state index contributed by atoms with van der Waals surface area (Å²) < 4.78 is 0. The number of nitrogens with one attached hydrogen (secondary N) is 2. The van der Waals surface area contributed by atoms with Crippen LogP contribution in [-0.4, -0.2) is 28.0 Å². The third kappa shape index (κ3) is 3.37. The Morgan fingerprint density at radius 1 is 1.30 bits per heavy atom. The molecule has 0 radical (unpaired) electrons. The van der Waals surface area contributed by atoms with Crippen molar-refractivity contribution >= 4 is 17.5 Å². The maximum atomic E-state index is 12.0. The van der Waals surface area contributed by atoms with Gasteiger partial charge in [0.25, 0.3) is 0 Å². The van der Waals surface area contributed by atoms with Gasteiger partial charge in [0.15, 0.2) is 0 Å². The minimum atomic E-state index is -0.344. The lowest BCUT2D eigenvalue weighted by atomic mass is 10.2. The fraction of sp³-hybridized carbons (Fsp3) is 0.643. The van der Waals surface area contributed by atoms with Crippen LogP contribution in [0.3, 0.4) is 0 Å². The van der Waals surface area contributed by atoms with E-state index in [0.29, 0.717) is 23.5 Å². The van der Waals surface area contributed by atoms with E-state index in [-0.39, 0.29) is 17.9 Å². The Kier molecular flexibility index (Phi) is 4.11. The normalized spacial score (nSPS) is 16.1. The molecule has 1 atom stereocenters. The number of nitrogens with two attached hydrogens (primary N) is 1. The summed E-state index contributed by atoms with van der Waals surface area (Å²) in [5, 5.41) is 6.11. The molecule has 0 aromatic carbocycles. The summed E-state index contributed by atoms with van der Waals surface area (Å²) in [4.78, 5) is 20.7. The second-order valence-electron chi connectivity index (χ2n) is 5.74. The van der Waals surface area contributed by atoms with Gasteiger partial charge < -0.3 is 16.4 Å². The van der Waals surface area contributed by atoms with Crippen LogP contribution < -0.4 is 16.4 Å². The average Bonchev–Trinajstić information content (AvgIpc) is 3.18. The van der Waals surface area contributed by atoms with Gasteiger partial charge in [-0.15, -0.1) is 0 Å². The zero-order chi connectivity index (χ0) is 14.9. The number of carbonyl (C=O) groups is 1. The van der Waals surface area contributed by atoms with E-state index in [2.05, 4.69) is 20.6 Å². The smallest absolute Gasteiger partial charge is 0.242 e. The summed E-state index contributed by atoms with van der Waals surface area (Å²) in [5.74, 6) is 1.97. The molecule has 0 saturated heterocycles. The van der Waals surface area contributed by atoms with E-state index < -0.39 is 0 Å². The van der Waals surface area contributed by atoms with Crippen LogP contribution in [0, 0.1) is 6.92 Å². The molecular formula is C14H23N5O. The van der Waals surface area contributed by atoms with Gasteiger partial charge >= 0.3 is 0 Å². The van der Waals surface area contributed by atoms with Gasteiger partial charge in [0, 0.05) is 17.5 Å². The molecular weight excluding hydrogens is 254 g/mol. The second kappa shape index (κ2) is 5.64. The number of aromatic nitrogens is 2. The van der Waals surface area contributed by atoms with Crippen LogP contribution in [0.15, 0.2) is 0 Å². The van der Waals surface area contributed by atoms with E-state index in [1.807, 2.05) is 27.7 Å². The van der Waals surface area contributed by atoms with E-state index in [0.717, 1.165) is 18.4 Å². The Morgan fingerprint density at radius 3 is 2.50 bits per heavy atom. The number of anilines is 2. The molecule has 1 aliphatic rings. The Balaban J connectivity index is 2.12. The molecule has 6 heteroatoms. The lowest BCUT2D eigenvalue weighted by Crippen LogP contribution is -2.39. The molecule has 1 heterocycles. The van der Waals surface area contributed by atoms with E-state index >= 15 is 0 Å². The van der Waals surface area contributed by atoms with Crippen LogP contribution in [0.5, 0.6) is 0 Å². The molecule has 1 amide bonds. The van der Waals surface area contributed by atoms with Gasteiger partial charge in [-0.25, -0.2) is 9.97 Å². The summed E-state index contributed by atoms with van der Waals surface area (Å²) in [7, 11) is 0. The Morgan fingerprint density at radius 2 is 1.95 bits per heavy atom. The molecule has 1 fully saturated rings. The number of rotatable bonds is 5. The van der Waals surface area contributed by atoms with Crippen molar-refractivity contribution in [3.63, 3.8) is 0 Å². The molecule has 20 heavy (non-hydrogen) atoms. The highest BCUT2D eigenvalue weighted by molar-refractivity contribution is 5.84. The van der Waals surface area contributed by atoms with E-state index in [1.54, 1.807) is 0 Å². The molecule has 0 spiro atoms. The molecule has 1 aliphatic carbocycles. The first-order chi connectivity index (χ1) is 9.38. The van der Waals surface area contributed by atoms with Gasteiger partial charge in [0.05, 0.1) is 0 Å². The second-order valence-corrected chi connectivity index (χ2v) is 5.74. The van der Waals surface area contributed by atoms with Crippen molar-refractivity contribution in [3.05, 3.63) is 11.4 Å². The summed E-state index contributed by atoms with van der Waals surface area (Å²) in [6, 6.07) is 0.0122. The van der Waals surface area contributed by atoms with E-state index in [9.17, 15) is 4.79 Å². The fourth-order valence-corrected chi connectivity index (χ4v) is 1.78. The number of nitrogen functional groups attached to an aromatic ring is 1. The molecule has 0 bridgehead atoms. The average molecular weight is 277 g/mol.